The molecular weight excluding hydrogens is 338 g/mol. The first-order valence-electron chi connectivity index (χ1n) is 9.99. The molecule has 0 radical (unpaired) electrons. The molecule has 0 saturated heterocycles. The molecule has 1 unspecified atom stereocenters. The highest BCUT2D eigenvalue weighted by Crippen LogP contribution is 2.38. The maximum Gasteiger partial charge on any atom is 0.250 e. The summed E-state index contributed by atoms with van der Waals surface area (Å²) in [5.74, 6) is 1.42. The Hall–Kier alpha value is -2.40. The Balaban J connectivity index is 1.49. The number of hydrogen-bond acceptors (Lipinski definition) is 4. The number of aromatic nitrogens is 1. The predicted molar refractivity (Wildman–Crippen MR) is 105 cm³/mol. The Morgan fingerprint density at radius 1 is 1.15 bits per heavy atom. The van der Waals surface area contributed by atoms with Gasteiger partial charge in [-0.05, 0) is 61.3 Å². The zero-order valence-corrected chi connectivity index (χ0v) is 15.6. The molecule has 1 atom stereocenters. The number of pyridine rings is 1. The van der Waals surface area contributed by atoms with Crippen molar-refractivity contribution in [3.63, 3.8) is 0 Å². The Labute approximate surface area is 160 Å². The van der Waals surface area contributed by atoms with E-state index < -0.39 is 5.91 Å². The Kier molecular flexibility index (Phi) is 5.39. The van der Waals surface area contributed by atoms with E-state index in [4.69, 9.17) is 10.5 Å². The number of rotatable bonds is 6. The van der Waals surface area contributed by atoms with Gasteiger partial charge in [0.15, 0.2) is 0 Å². The zero-order valence-electron chi connectivity index (χ0n) is 15.6. The van der Waals surface area contributed by atoms with Gasteiger partial charge in [-0.15, -0.1) is 0 Å². The second kappa shape index (κ2) is 8.09. The van der Waals surface area contributed by atoms with Gasteiger partial charge < -0.3 is 15.8 Å². The highest BCUT2D eigenvalue weighted by molar-refractivity contribution is 5.92. The third kappa shape index (κ3) is 4.14. The van der Waals surface area contributed by atoms with Crippen LogP contribution >= 0.6 is 0 Å². The minimum atomic E-state index is -0.483. The molecule has 27 heavy (non-hydrogen) atoms. The monoisotopic (exact) mass is 365 g/mol. The zero-order chi connectivity index (χ0) is 18.6. The second-order valence-electron chi connectivity index (χ2n) is 7.65. The highest BCUT2D eigenvalue weighted by Gasteiger charge is 2.24. The predicted octanol–water partition coefficient (Wildman–Crippen LogP) is 3.92. The largest absolute Gasteiger partial charge is 0.439 e. The first kappa shape index (κ1) is 18.0. The van der Waals surface area contributed by atoms with Crippen LogP contribution in [0.4, 0.5) is 0 Å². The van der Waals surface area contributed by atoms with E-state index >= 15 is 0 Å². The van der Waals surface area contributed by atoms with Crippen molar-refractivity contribution >= 4 is 5.91 Å². The van der Waals surface area contributed by atoms with Crippen LogP contribution in [0.1, 0.15) is 65.9 Å². The highest BCUT2D eigenvalue weighted by atomic mass is 16.5. The van der Waals surface area contributed by atoms with Crippen molar-refractivity contribution in [2.45, 2.75) is 56.9 Å². The van der Waals surface area contributed by atoms with E-state index in [9.17, 15) is 4.79 Å². The molecule has 1 fully saturated rings. The molecule has 5 nitrogen and oxygen atoms in total. The number of carbonyl (C=O) groups excluding carboxylic acids is 1. The van der Waals surface area contributed by atoms with Crippen molar-refractivity contribution in [3.05, 3.63) is 53.2 Å². The van der Waals surface area contributed by atoms with Crippen LogP contribution in [0.2, 0.25) is 0 Å². The van der Waals surface area contributed by atoms with Gasteiger partial charge in [-0.25, -0.2) is 4.98 Å². The summed E-state index contributed by atoms with van der Waals surface area (Å²) in [6.07, 6.45) is 10.2. The second-order valence-corrected chi connectivity index (χ2v) is 7.65. The normalized spacial score (nSPS) is 19.6. The van der Waals surface area contributed by atoms with Gasteiger partial charge >= 0.3 is 0 Å². The number of nitrogens with zero attached hydrogens (tertiary/aromatic N) is 1. The van der Waals surface area contributed by atoms with E-state index in [0.717, 1.165) is 18.7 Å². The average molecular weight is 365 g/mol. The minimum absolute atomic E-state index is 0.385. The molecule has 1 aromatic heterocycles. The first-order chi connectivity index (χ1) is 13.2. The number of hydrogen-bond donors (Lipinski definition) is 2. The molecule has 1 heterocycles. The lowest BCUT2D eigenvalue weighted by atomic mass is 9.82. The lowest BCUT2D eigenvalue weighted by Crippen LogP contribution is -2.31. The van der Waals surface area contributed by atoms with Gasteiger partial charge in [0.1, 0.15) is 5.75 Å². The third-order valence-electron chi connectivity index (χ3n) is 5.83. The summed E-state index contributed by atoms with van der Waals surface area (Å²) in [7, 11) is 0. The van der Waals surface area contributed by atoms with Crippen molar-refractivity contribution in [1.82, 2.24) is 10.3 Å². The molecule has 3 N–H and O–H groups in total. The van der Waals surface area contributed by atoms with Crippen LogP contribution in [0.25, 0.3) is 0 Å². The minimum Gasteiger partial charge on any atom is -0.439 e. The first-order valence-corrected chi connectivity index (χ1v) is 9.99. The molecule has 2 aliphatic rings. The maximum atomic E-state index is 11.2. The molecule has 0 aliphatic heterocycles. The molecule has 4 rings (SSSR count). The van der Waals surface area contributed by atoms with Crippen molar-refractivity contribution in [2.75, 3.05) is 6.54 Å². The Bertz CT molecular complexity index is 798. The van der Waals surface area contributed by atoms with Crippen LogP contribution in [0.15, 0.2) is 36.5 Å². The van der Waals surface area contributed by atoms with Crippen molar-refractivity contribution < 1.29 is 9.53 Å². The number of nitrogens with two attached hydrogens (primary N) is 1. The van der Waals surface area contributed by atoms with Crippen LogP contribution < -0.4 is 15.8 Å². The molecule has 1 saturated carbocycles. The van der Waals surface area contributed by atoms with Crippen LogP contribution in [0.3, 0.4) is 0 Å². The molecule has 0 spiro atoms. The standard InChI is InChI=1S/C22H27N3O2/c23-22(26)16-11-12-21(25-14-16)27-20-10-4-8-18-15(5-3-9-19(18)20)13-24-17-6-1-2-7-17/h4,8,10-12,14-15,17,24H,1-3,5-7,9,13H2,(H2,23,26). The molecule has 1 aromatic carbocycles. The van der Waals surface area contributed by atoms with Crippen LogP contribution in [-0.4, -0.2) is 23.5 Å². The van der Waals surface area contributed by atoms with Gasteiger partial charge in [-0.1, -0.05) is 25.0 Å². The van der Waals surface area contributed by atoms with Crippen molar-refractivity contribution in [2.24, 2.45) is 5.73 Å². The van der Waals surface area contributed by atoms with E-state index in [2.05, 4.69) is 22.4 Å². The van der Waals surface area contributed by atoms with Gasteiger partial charge in [0.2, 0.25) is 11.8 Å². The fraction of sp³-hybridized carbons (Fsp3) is 0.455. The fourth-order valence-corrected chi connectivity index (χ4v) is 4.36. The summed E-state index contributed by atoms with van der Waals surface area (Å²) < 4.78 is 6.05. The number of primary amides is 1. The lowest BCUT2D eigenvalue weighted by molar-refractivity contribution is 0.1000. The SMILES string of the molecule is NC(=O)c1ccc(Oc2cccc3c2CCCC3CNC2CCCC2)nc1. The fourth-order valence-electron chi connectivity index (χ4n) is 4.36. The lowest BCUT2D eigenvalue weighted by Gasteiger charge is -2.28. The van der Waals surface area contributed by atoms with E-state index in [1.54, 1.807) is 12.1 Å². The Morgan fingerprint density at radius 3 is 2.74 bits per heavy atom. The smallest absolute Gasteiger partial charge is 0.250 e. The van der Waals surface area contributed by atoms with Crippen LogP contribution in [0, 0.1) is 0 Å². The van der Waals surface area contributed by atoms with E-state index in [1.807, 2.05) is 6.07 Å². The summed E-state index contributed by atoms with van der Waals surface area (Å²) in [6.45, 7) is 1.05. The number of benzene rings is 1. The quantitative estimate of drug-likeness (QED) is 0.813. The number of amides is 1. The summed E-state index contributed by atoms with van der Waals surface area (Å²) in [5.41, 5.74) is 8.35. The molecule has 2 aromatic rings. The molecule has 0 bridgehead atoms. The number of fused-ring (bicyclic) bond motifs is 1. The van der Waals surface area contributed by atoms with Crippen LogP contribution in [-0.2, 0) is 6.42 Å². The number of carbonyl (C=O) groups is 1. The number of nitrogens with one attached hydrogen (secondary N) is 1. The molecule has 1 amide bonds. The Morgan fingerprint density at radius 2 is 2.00 bits per heavy atom. The summed E-state index contributed by atoms with van der Waals surface area (Å²) in [6, 6.07) is 10.4. The maximum absolute atomic E-state index is 11.2. The third-order valence-corrected chi connectivity index (χ3v) is 5.83. The van der Waals surface area contributed by atoms with Gasteiger partial charge in [0, 0.05) is 24.8 Å². The van der Waals surface area contributed by atoms with E-state index in [1.165, 1.54) is 55.8 Å². The van der Waals surface area contributed by atoms with E-state index in [-0.39, 0.29) is 0 Å². The number of ether oxygens (including phenoxy) is 1. The topological polar surface area (TPSA) is 77.2 Å². The molecule has 142 valence electrons. The van der Waals surface area contributed by atoms with Crippen LogP contribution in [0.5, 0.6) is 11.6 Å². The summed E-state index contributed by atoms with van der Waals surface area (Å²) in [4.78, 5) is 15.4. The van der Waals surface area contributed by atoms with Gasteiger partial charge in [-0.3, -0.25) is 4.79 Å². The van der Waals surface area contributed by atoms with Crippen molar-refractivity contribution in [3.8, 4) is 11.6 Å². The van der Waals surface area contributed by atoms with Crippen molar-refractivity contribution in [1.29, 1.82) is 0 Å². The van der Waals surface area contributed by atoms with Gasteiger partial charge in [0.05, 0.1) is 5.56 Å². The average Bonchev–Trinajstić information content (AvgIpc) is 3.21. The molecule has 2 aliphatic carbocycles. The summed E-state index contributed by atoms with van der Waals surface area (Å²) in [5, 5.41) is 3.78. The van der Waals surface area contributed by atoms with Gasteiger partial charge in [0.25, 0.3) is 0 Å². The molecule has 5 heteroatoms. The molecular formula is C22H27N3O2. The van der Waals surface area contributed by atoms with E-state index in [0.29, 0.717) is 23.4 Å². The summed E-state index contributed by atoms with van der Waals surface area (Å²) >= 11 is 0. The van der Waals surface area contributed by atoms with Gasteiger partial charge in [-0.2, -0.15) is 0 Å².